The summed E-state index contributed by atoms with van der Waals surface area (Å²) in [5.74, 6) is -1.99. The number of hydrogen-bond acceptors (Lipinski definition) is 8. The predicted octanol–water partition coefficient (Wildman–Crippen LogP) is 7.13. The third kappa shape index (κ3) is 5.97. The van der Waals surface area contributed by atoms with Gasteiger partial charge in [0.2, 0.25) is 10.0 Å². The molecular formula is C36H27ClF2N8O4S2. The van der Waals surface area contributed by atoms with E-state index in [0.717, 1.165) is 12.3 Å². The third-order valence-electron chi connectivity index (χ3n) is 8.68. The van der Waals surface area contributed by atoms with Crippen molar-refractivity contribution in [1.29, 1.82) is 0 Å². The zero-order valence-corrected chi connectivity index (χ0v) is 30.5. The Morgan fingerprint density at radius 3 is 1.92 bits per heavy atom. The Labute approximate surface area is 306 Å². The summed E-state index contributed by atoms with van der Waals surface area (Å²) in [6, 6.07) is 23.5. The number of nitrogens with zero attached hydrogens (tertiary/aromatic N) is 7. The van der Waals surface area contributed by atoms with Gasteiger partial charge in [0.1, 0.15) is 34.3 Å². The molecule has 0 aliphatic carbocycles. The van der Waals surface area contributed by atoms with Gasteiger partial charge in [-0.3, -0.25) is 13.5 Å². The molecule has 0 aliphatic heterocycles. The second-order valence-electron chi connectivity index (χ2n) is 12.4. The Kier molecular flexibility index (Phi) is 8.08. The van der Waals surface area contributed by atoms with Crippen LogP contribution in [-0.2, 0) is 20.0 Å². The maximum atomic E-state index is 14.7. The molecule has 53 heavy (non-hydrogen) atoms. The van der Waals surface area contributed by atoms with E-state index in [1.54, 1.807) is 42.5 Å². The van der Waals surface area contributed by atoms with E-state index in [1.165, 1.54) is 34.7 Å². The normalized spacial score (nSPS) is 12.3. The van der Waals surface area contributed by atoms with Crippen LogP contribution in [0, 0.1) is 25.5 Å². The monoisotopic (exact) mass is 772 g/mol. The van der Waals surface area contributed by atoms with Crippen molar-refractivity contribution in [3.63, 3.8) is 0 Å². The largest absolute Gasteiger partial charge is 0.287 e. The quantitative estimate of drug-likeness (QED) is 0.172. The molecule has 8 aromatic rings. The molecule has 0 saturated carbocycles. The molecule has 0 aliphatic rings. The van der Waals surface area contributed by atoms with Gasteiger partial charge in [-0.05, 0) is 50.2 Å². The van der Waals surface area contributed by atoms with Gasteiger partial charge in [0.15, 0.2) is 17.5 Å². The Morgan fingerprint density at radius 2 is 1.28 bits per heavy atom. The molecule has 0 radical (unpaired) electrons. The number of aromatic nitrogens is 6. The first kappa shape index (κ1) is 34.4. The zero-order chi connectivity index (χ0) is 37.4. The van der Waals surface area contributed by atoms with E-state index in [4.69, 9.17) is 16.6 Å². The Morgan fingerprint density at radius 1 is 0.717 bits per heavy atom. The van der Waals surface area contributed by atoms with E-state index < -0.39 is 37.6 Å². The summed E-state index contributed by atoms with van der Waals surface area (Å²) in [4.78, 5) is 18.5. The molecule has 1 N–H and O–H groups in total. The smallest absolute Gasteiger partial charge is 0.253 e. The maximum absolute atomic E-state index is 14.7. The first-order chi connectivity index (χ1) is 25.2. The van der Waals surface area contributed by atoms with Crippen molar-refractivity contribution < 1.29 is 25.6 Å². The number of aryl methyl sites for hydroxylation is 2. The fraction of sp³-hybridized carbons (Fsp3) is 0.111. The Hall–Kier alpha value is -5.71. The number of sulfonamides is 2. The topological polar surface area (TPSA) is 144 Å². The maximum Gasteiger partial charge on any atom is 0.253 e. The highest BCUT2D eigenvalue weighted by atomic mass is 35.5. The van der Waals surface area contributed by atoms with Crippen molar-refractivity contribution in [2.75, 3.05) is 21.2 Å². The van der Waals surface area contributed by atoms with Gasteiger partial charge in [-0.1, -0.05) is 54.1 Å². The van der Waals surface area contributed by atoms with Gasteiger partial charge in [0.25, 0.3) is 10.0 Å². The molecule has 0 saturated heterocycles. The highest BCUT2D eigenvalue weighted by molar-refractivity contribution is 7.96. The summed E-state index contributed by atoms with van der Waals surface area (Å²) in [5, 5.41) is 0.330. The van der Waals surface area contributed by atoms with Gasteiger partial charge in [-0.25, -0.2) is 49.9 Å². The minimum atomic E-state index is -4.63. The fourth-order valence-corrected chi connectivity index (χ4v) is 9.22. The first-order valence-corrected chi connectivity index (χ1v) is 19.8. The highest BCUT2D eigenvalue weighted by Gasteiger charge is 2.32. The Bertz CT molecular complexity index is 3030. The van der Waals surface area contributed by atoms with Crippen molar-refractivity contribution in [2.24, 2.45) is 0 Å². The van der Waals surface area contributed by atoms with E-state index >= 15 is 0 Å². The van der Waals surface area contributed by atoms with Crippen LogP contribution in [0.1, 0.15) is 11.4 Å². The molecule has 17 heteroatoms. The second-order valence-corrected chi connectivity index (χ2v) is 16.4. The molecule has 0 unspecified atom stereocenters. The minimum Gasteiger partial charge on any atom is -0.287 e. The third-order valence-corrected chi connectivity index (χ3v) is 11.4. The van der Waals surface area contributed by atoms with E-state index in [0.29, 0.717) is 37.5 Å². The van der Waals surface area contributed by atoms with Gasteiger partial charge in [-0.2, -0.15) is 0 Å². The molecule has 0 spiro atoms. The molecule has 0 bridgehead atoms. The van der Waals surface area contributed by atoms with Crippen LogP contribution in [0.3, 0.4) is 0 Å². The van der Waals surface area contributed by atoms with Gasteiger partial charge < -0.3 is 0 Å². The summed E-state index contributed by atoms with van der Waals surface area (Å²) in [7, 11) is -9.01. The molecule has 12 nitrogen and oxygen atoms in total. The molecular weight excluding hydrogens is 746 g/mol. The van der Waals surface area contributed by atoms with Crippen LogP contribution in [0.4, 0.5) is 20.4 Å². The van der Waals surface area contributed by atoms with Crippen LogP contribution in [0.5, 0.6) is 0 Å². The van der Waals surface area contributed by atoms with E-state index in [9.17, 15) is 25.6 Å². The number of hydrogen-bond donors (Lipinski definition) is 1. The number of fused-ring (bicyclic) bond motifs is 6. The van der Waals surface area contributed by atoms with Crippen molar-refractivity contribution in [1.82, 2.24) is 28.7 Å². The molecule has 268 valence electrons. The molecule has 4 heterocycles. The summed E-state index contributed by atoms with van der Waals surface area (Å²) in [6.07, 6.45) is 0.852. The van der Waals surface area contributed by atoms with Gasteiger partial charge in [0.05, 0.1) is 44.7 Å². The number of imidazole rings is 2. The Balaban J connectivity index is 1.31. The van der Waals surface area contributed by atoms with E-state index in [1.807, 2.05) is 30.3 Å². The molecule has 0 atom stereocenters. The van der Waals surface area contributed by atoms with Crippen molar-refractivity contribution in [3.05, 3.63) is 119 Å². The van der Waals surface area contributed by atoms with Crippen LogP contribution in [0.2, 0.25) is 5.02 Å². The SMILES string of the molecule is Cc1nc(-c2ccccc2)n2c1c(NS(=O)(=O)CN(c1nc3ccc(F)cc3n3c(-c4ccccc4Cl)nc(C)c13)S(C)(=O)=O)nc1ccc(F)cc12. The zero-order valence-electron chi connectivity index (χ0n) is 28.1. The highest BCUT2D eigenvalue weighted by Crippen LogP contribution is 2.37. The average molecular weight is 773 g/mol. The number of rotatable bonds is 8. The second kappa shape index (κ2) is 12.5. The molecule has 0 fully saturated rings. The van der Waals surface area contributed by atoms with Crippen LogP contribution in [0.25, 0.3) is 55.9 Å². The number of benzene rings is 4. The molecule has 0 amide bonds. The predicted molar refractivity (Wildman–Crippen MR) is 201 cm³/mol. The van der Waals surface area contributed by atoms with Gasteiger partial charge in [-0.15, -0.1) is 0 Å². The lowest BCUT2D eigenvalue weighted by Gasteiger charge is -2.23. The molecule has 4 aromatic heterocycles. The summed E-state index contributed by atoms with van der Waals surface area (Å²) in [6.45, 7) is 3.26. The van der Waals surface area contributed by atoms with E-state index in [-0.39, 0.29) is 50.7 Å². The average Bonchev–Trinajstić information content (AvgIpc) is 3.65. The summed E-state index contributed by atoms with van der Waals surface area (Å²) >= 11 is 6.56. The lowest BCUT2D eigenvalue weighted by Crippen LogP contribution is -2.38. The standard InChI is InChI=1S/C36H27ClF2N8O4S2/c1-20-31-33(42-27-15-13-23(38)17-29(27)46(31)34(40-20)22-9-5-4-6-10-22)44-53(50,51)19-45(52(3,48)49)36-32-21(2)41-35(25-11-7-8-12-26(25)37)47(32)30-18-24(39)14-16-28(30)43-36/h4-18H,19H2,1-3H3,(H,42,44). The summed E-state index contributed by atoms with van der Waals surface area (Å²) in [5.41, 5.74) is 3.16. The van der Waals surface area contributed by atoms with Crippen LogP contribution < -0.4 is 9.03 Å². The fourth-order valence-electron chi connectivity index (χ4n) is 6.45. The van der Waals surface area contributed by atoms with Crippen LogP contribution >= 0.6 is 11.6 Å². The number of anilines is 2. The lowest BCUT2D eigenvalue weighted by molar-refractivity contribution is 0.589. The number of halogens is 3. The minimum absolute atomic E-state index is 0.117. The van der Waals surface area contributed by atoms with Crippen LogP contribution in [-0.4, -0.2) is 57.7 Å². The summed E-state index contributed by atoms with van der Waals surface area (Å²) < 4.78 is 91.1. The van der Waals surface area contributed by atoms with Crippen molar-refractivity contribution in [3.8, 4) is 22.8 Å². The van der Waals surface area contributed by atoms with Crippen molar-refractivity contribution >= 4 is 76.4 Å². The van der Waals surface area contributed by atoms with Crippen molar-refractivity contribution in [2.45, 2.75) is 13.8 Å². The molecule has 4 aromatic carbocycles. The molecule has 8 rings (SSSR count). The first-order valence-electron chi connectivity index (χ1n) is 16.0. The van der Waals surface area contributed by atoms with Crippen LogP contribution in [0.15, 0.2) is 91.0 Å². The number of nitrogens with one attached hydrogen (secondary N) is 1. The van der Waals surface area contributed by atoms with E-state index in [2.05, 4.69) is 19.7 Å². The van der Waals surface area contributed by atoms with Gasteiger partial charge >= 0.3 is 0 Å². The van der Waals surface area contributed by atoms with Gasteiger partial charge in [0, 0.05) is 23.3 Å². The lowest BCUT2D eigenvalue weighted by atomic mass is 10.2.